The summed E-state index contributed by atoms with van der Waals surface area (Å²) in [6, 6.07) is 16.8. The van der Waals surface area contributed by atoms with Crippen molar-refractivity contribution in [2.75, 3.05) is 14.2 Å². The molecule has 3 aromatic carbocycles. The predicted molar refractivity (Wildman–Crippen MR) is 322 cm³/mol. The summed E-state index contributed by atoms with van der Waals surface area (Å²) < 4.78 is 89.2. The van der Waals surface area contributed by atoms with Gasteiger partial charge in [-0.2, -0.15) is 0 Å². The van der Waals surface area contributed by atoms with E-state index in [4.69, 9.17) is 10.5 Å². The predicted octanol–water partition coefficient (Wildman–Crippen LogP) is 8.76. The quantitative estimate of drug-likeness (QED) is 0.0977. The number of nitrogens with zero attached hydrogens (tertiary/aromatic N) is 3. The number of hydrogen-bond acceptors (Lipinski definition) is 16. The Hall–Kier alpha value is -5.95. The Morgan fingerprint density at radius 2 is 0.699 bits per heavy atom. The van der Waals surface area contributed by atoms with Gasteiger partial charge < -0.3 is 25.4 Å². The van der Waals surface area contributed by atoms with E-state index in [0.29, 0.717) is 22.6 Å². The molecule has 25 heteroatoms. The number of methoxy groups -OCH3 is 2. The van der Waals surface area contributed by atoms with Crippen molar-refractivity contribution in [2.24, 2.45) is 44.4 Å². The highest BCUT2D eigenvalue weighted by Gasteiger charge is 2.38. The van der Waals surface area contributed by atoms with Gasteiger partial charge in [0.1, 0.15) is 23.5 Å². The van der Waals surface area contributed by atoms with Crippen LogP contribution in [0.25, 0.3) is 0 Å². The summed E-state index contributed by atoms with van der Waals surface area (Å²) in [4.78, 5) is 59.9. The number of sulfonamides is 3. The normalized spacial score (nSPS) is 22.1. The van der Waals surface area contributed by atoms with Crippen molar-refractivity contribution < 1.29 is 64.1 Å². The highest BCUT2D eigenvalue weighted by molar-refractivity contribution is 7.91. The van der Waals surface area contributed by atoms with Crippen LogP contribution >= 0.6 is 12.4 Å². The molecule has 0 bridgehead atoms. The second kappa shape index (κ2) is 32.4. The first-order valence-electron chi connectivity index (χ1n) is 27.2. The maximum Gasteiger partial charge on any atom is 0.330 e. The highest BCUT2D eigenvalue weighted by Crippen LogP contribution is 2.34. The third-order valence-electron chi connectivity index (χ3n) is 15.7. The molecule has 7 N–H and O–H groups in total. The van der Waals surface area contributed by atoms with E-state index < -0.39 is 72.1 Å². The molecule has 3 aliphatic heterocycles. The molecule has 21 nitrogen and oxygen atoms in total. The van der Waals surface area contributed by atoms with Gasteiger partial charge >= 0.3 is 23.9 Å². The Morgan fingerprint density at radius 1 is 0.446 bits per heavy atom. The lowest BCUT2D eigenvalue weighted by atomic mass is 9.84. The van der Waals surface area contributed by atoms with Crippen molar-refractivity contribution >= 4 is 83.9 Å². The van der Waals surface area contributed by atoms with Gasteiger partial charge in [0.2, 0.25) is 0 Å². The second-order valence-corrected chi connectivity index (χ2v) is 25.9. The Morgan fingerprint density at radius 3 is 0.976 bits per heavy atom. The number of carbonyl (C=O) groups excluding carboxylic acids is 2. The number of nitrogens with two attached hydrogens (primary N) is 1. The molecule has 7 aliphatic rings. The molecule has 0 unspecified atom stereocenters. The van der Waals surface area contributed by atoms with Gasteiger partial charge in [0.25, 0.3) is 30.1 Å². The van der Waals surface area contributed by atoms with Crippen molar-refractivity contribution in [1.82, 2.24) is 14.2 Å². The van der Waals surface area contributed by atoms with Gasteiger partial charge in [-0.3, -0.25) is 33.9 Å². The van der Waals surface area contributed by atoms with E-state index in [2.05, 4.69) is 33.9 Å². The molecule has 0 radical (unpaired) electrons. The van der Waals surface area contributed by atoms with Gasteiger partial charge in [-0.15, -0.1) is 12.4 Å². The van der Waals surface area contributed by atoms with Crippen molar-refractivity contribution in [3.63, 3.8) is 0 Å². The average Bonchev–Trinajstić information content (AvgIpc) is 3.78. The van der Waals surface area contributed by atoms with E-state index in [0.717, 1.165) is 109 Å². The lowest BCUT2D eigenvalue weighted by molar-refractivity contribution is -0.144. The number of amidine groups is 3. The minimum atomic E-state index is -3.63. The SMILES string of the molecule is C.C.C.COC(=O)[C@@H](N)C1CCCCC1.COC(=O)[C@@H](N=C1NS(=O)(=O)c2ccccc21)C1CCCCC1.Cl.O=C(O)[C@@H](N=C1NS(=O)(=O)c2ccccc21)C1CCCCC1.O=C(O)[C@@H](N=C1NS(=O)(=O)c2ccccc21)C1CCCCC1. The molecule has 4 fully saturated rings. The van der Waals surface area contributed by atoms with Crippen molar-refractivity contribution in [3.8, 4) is 0 Å². The van der Waals surface area contributed by atoms with Crippen LogP contribution in [0.1, 0.15) is 167 Å². The first-order valence-corrected chi connectivity index (χ1v) is 31.7. The molecule has 4 saturated carbocycles. The van der Waals surface area contributed by atoms with Crippen LogP contribution in [-0.4, -0.2) is 115 Å². The lowest BCUT2D eigenvalue weighted by Gasteiger charge is -2.26. The fourth-order valence-corrected chi connectivity index (χ4v) is 15.2. The van der Waals surface area contributed by atoms with Gasteiger partial charge in [0.05, 0.1) is 28.9 Å². The number of rotatable bonds is 11. The van der Waals surface area contributed by atoms with Crippen LogP contribution in [-0.2, 0) is 58.7 Å². The number of fused-ring (bicyclic) bond motifs is 3. The number of aliphatic carboxylic acids is 2. The third kappa shape index (κ3) is 18.0. The zero-order valence-corrected chi connectivity index (χ0v) is 48.3. The third-order valence-corrected chi connectivity index (χ3v) is 19.9. The molecule has 4 aliphatic carbocycles. The van der Waals surface area contributed by atoms with E-state index in [1.807, 2.05) is 0 Å². The first kappa shape index (κ1) is 71.3. The fourth-order valence-electron chi connectivity index (χ4n) is 11.5. The summed E-state index contributed by atoms with van der Waals surface area (Å²) in [5.41, 5.74) is 7.14. The van der Waals surface area contributed by atoms with Crippen molar-refractivity contribution in [2.45, 2.75) is 190 Å². The average molecular weight is 1240 g/mol. The Bertz CT molecular complexity index is 2990. The van der Waals surface area contributed by atoms with Gasteiger partial charge in [-0.05, 0) is 111 Å². The molecule has 0 spiro atoms. The zero-order valence-electron chi connectivity index (χ0n) is 45.0. The minimum absolute atomic E-state index is 0. The van der Waals surface area contributed by atoms with Crippen LogP contribution in [0.3, 0.4) is 0 Å². The second-order valence-electron chi connectivity index (χ2n) is 20.9. The standard InChI is InChI=1S/C16H20N2O4S.2C15H18N2O4S.C9H17NO2.3CH4.ClH/c1-22-16(19)14(11-7-3-2-4-8-11)17-15-12-9-5-6-10-13(12)23(20,21)18-15;2*18-15(19)13(10-6-2-1-3-7-10)16-14-11-8-4-5-9-12(11)22(20,21)17-14;1-12-9(11)8(10)7-5-3-2-4-6-7;;;;/h5-6,9-11,14H,2-4,7-8H2,1H3,(H,17,18);2*4-5,8-10,13H,1-3,6-7H2,(H,16,17)(H,18,19);7-8H,2-6,10H2,1H3;3*1H4;1H/t14-;2*13-;8-;;;;/m0000..../s1. The number of carboxylic acids is 2. The van der Waals surface area contributed by atoms with Crippen LogP contribution < -0.4 is 19.9 Å². The topological polar surface area (TPSA) is 329 Å². The van der Waals surface area contributed by atoms with E-state index in [1.54, 1.807) is 54.6 Å². The number of ether oxygens (including phenoxy) is 2. The highest BCUT2D eigenvalue weighted by atomic mass is 35.5. The number of carboxylic acid groups (broad SMARTS) is 2. The van der Waals surface area contributed by atoms with Gasteiger partial charge in [-0.25, -0.2) is 39.6 Å². The van der Waals surface area contributed by atoms with Crippen LogP contribution in [0.4, 0.5) is 0 Å². The van der Waals surface area contributed by atoms with E-state index in [9.17, 15) is 54.6 Å². The molecular weight excluding hydrogens is 1150 g/mol. The Balaban J connectivity index is 0.000000292. The van der Waals surface area contributed by atoms with E-state index in [1.165, 1.54) is 51.7 Å². The molecule has 4 atom stereocenters. The zero-order chi connectivity index (χ0) is 56.9. The summed E-state index contributed by atoms with van der Waals surface area (Å²) >= 11 is 0. The van der Waals surface area contributed by atoms with Crippen molar-refractivity contribution in [1.29, 1.82) is 0 Å². The Labute approximate surface area is 497 Å². The number of hydrogen-bond donors (Lipinski definition) is 6. The summed E-state index contributed by atoms with van der Waals surface area (Å²) in [5.74, 6) is -1.75. The maximum absolute atomic E-state index is 12.2. The smallest absolute Gasteiger partial charge is 0.330 e. The summed E-state index contributed by atoms with van der Waals surface area (Å²) in [6.45, 7) is 0. The molecule has 3 aromatic rings. The van der Waals surface area contributed by atoms with E-state index >= 15 is 0 Å². The lowest BCUT2D eigenvalue weighted by Crippen LogP contribution is -2.39. The minimum Gasteiger partial charge on any atom is -0.480 e. The van der Waals surface area contributed by atoms with Gasteiger partial charge in [0.15, 0.2) is 18.1 Å². The number of benzene rings is 3. The molecule has 0 amide bonds. The molecule has 0 aromatic heterocycles. The van der Waals surface area contributed by atoms with Crippen LogP contribution in [0.2, 0.25) is 0 Å². The number of nitrogens with one attached hydrogen (secondary N) is 3. The number of carbonyl (C=O) groups is 4. The van der Waals surface area contributed by atoms with Gasteiger partial charge in [0, 0.05) is 16.7 Å². The molecule has 462 valence electrons. The fraction of sp³-hybridized carbons (Fsp3) is 0.569. The molecule has 3 heterocycles. The first-order chi connectivity index (χ1) is 37.8. The number of halogens is 1. The number of aliphatic imine (C=N–C) groups is 3. The molecule has 83 heavy (non-hydrogen) atoms. The van der Waals surface area contributed by atoms with Crippen LogP contribution in [0, 0.1) is 23.7 Å². The van der Waals surface area contributed by atoms with Crippen molar-refractivity contribution in [3.05, 3.63) is 89.5 Å². The molecule has 10 rings (SSSR count). The van der Waals surface area contributed by atoms with E-state index in [-0.39, 0.29) is 90.6 Å². The molecular formula is C58H86ClN7O14S3. The summed E-state index contributed by atoms with van der Waals surface area (Å²) in [7, 11) is -8.13. The Kier molecular flexibility index (Phi) is 27.8. The summed E-state index contributed by atoms with van der Waals surface area (Å²) in [6.07, 6.45) is 20.5. The number of esters is 2. The largest absolute Gasteiger partial charge is 0.480 e. The maximum atomic E-state index is 12.2. The monoisotopic (exact) mass is 1240 g/mol. The summed E-state index contributed by atoms with van der Waals surface area (Å²) in [5, 5.41) is 19.0. The van der Waals surface area contributed by atoms with Gasteiger partial charge in [-0.1, -0.05) is 136 Å². The van der Waals surface area contributed by atoms with Crippen LogP contribution in [0.5, 0.6) is 0 Å². The van der Waals surface area contributed by atoms with Crippen LogP contribution in [0.15, 0.2) is 102 Å². The molecule has 0 saturated heterocycles.